The van der Waals surface area contributed by atoms with E-state index in [1.807, 2.05) is 32.0 Å². The van der Waals surface area contributed by atoms with Gasteiger partial charge in [-0.3, -0.25) is 4.79 Å². The van der Waals surface area contributed by atoms with Crippen molar-refractivity contribution in [1.29, 1.82) is 0 Å². The number of carbonyl (C=O) groups excluding carboxylic acids is 2. The number of carbonyl (C=O) groups is 2. The van der Waals surface area contributed by atoms with Crippen LogP contribution >= 0.6 is 11.3 Å². The van der Waals surface area contributed by atoms with Crippen LogP contribution < -0.4 is 0 Å². The summed E-state index contributed by atoms with van der Waals surface area (Å²) in [7, 11) is 0. The number of thiazole rings is 1. The van der Waals surface area contributed by atoms with Gasteiger partial charge in [-0.05, 0) is 31.9 Å². The van der Waals surface area contributed by atoms with E-state index in [2.05, 4.69) is 4.98 Å². The van der Waals surface area contributed by atoms with Crippen molar-refractivity contribution >= 4 is 23.1 Å². The van der Waals surface area contributed by atoms with Crippen LogP contribution in [0.15, 0.2) is 18.2 Å². The van der Waals surface area contributed by atoms with Crippen LogP contribution in [-0.4, -0.2) is 23.3 Å². The van der Waals surface area contributed by atoms with E-state index in [-0.39, 0.29) is 18.1 Å². The lowest BCUT2D eigenvalue weighted by Gasteiger charge is -2.04. The molecule has 5 heteroatoms. The summed E-state index contributed by atoms with van der Waals surface area (Å²) in [5.74, 6) is -0.720. The molecule has 2 rings (SSSR count). The maximum atomic E-state index is 11.9. The van der Waals surface area contributed by atoms with Crippen molar-refractivity contribution < 1.29 is 14.3 Å². The number of hydrogen-bond donors (Lipinski definition) is 0. The van der Waals surface area contributed by atoms with Gasteiger partial charge < -0.3 is 4.74 Å². The molecule has 0 fully saturated rings. The number of benzene rings is 1. The quantitative estimate of drug-likeness (QED) is 0.636. The summed E-state index contributed by atoms with van der Waals surface area (Å²) in [6.07, 6.45) is 0. The highest BCUT2D eigenvalue weighted by Gasteiger charge is 2.23. The van der Waals surface area contributed by atoms with Crippen LogP contribution in [0.25, 0.3) is 10.6 Å². The van der Waals surface area contributed by atoms with Crippen LogP contribution in [0.5, 0.6) is 0 Å². The van der Waals surface area contributed by atoms with Crippen LogP contribution in [0, 0.1) is 13.8 Å². The molecule has 21 heavy (non-hydrogen) atoms. The molecule has 0 aliphatic rings. The number of ketones is 1. The summed E-state index contributed by atoms with van der Waals surface area (Å²) >= 11 is 1.24. The van der Waals surface area contributed by atoms with Gasteiger partial charge in [0.2, 0.25) is 0 Å². The smallest absolute Gasteiger partial charge is 0.358 e. The van der Waals surface area contributed by atoms with Gasteiger partial charge in [-0.15, -0.1) is 11.3 Å². The molecule has 0 bridgehead atoms. The molecule has 0 unspecified atom stereocenters. The molecule has 4 nitrogen and oxygen atoms in total. The molecule has 0 saturated carbocycles. The van der Waals surface area contributed by atoms with E-state index in [1.54, 1.807) is 6.92 Å². The Kier molecular flexibility index (Phi) is 4.53. The average molecular weight is 303 g/mol. The minimum absolute atomic E-state index is 0.116. The van der Waals surface area contributed by atoms with Crippen molar-refractivity contribution in [3.05, 3.63) is 39.9 Å². The number of hydrogen-bond acceptors (Lipinski definition) is 5. The van der Waals surface area contributed by atoms with Crippen LogP contribution in [0.1, 0.15) is 45.1 Å². The Balaban J connectivity index is 2.56. The molecule has 0 radical (unpaired) electrons. The zero-order chi connectivity index (χ0) is 15.6. The first kappa shape index (κ1) is 15.4. The normalized spacial score (nSPS) is 10.5. The van der Waals surface area contributed by atoms with Crippen LogP contribution in [0.4, 0.5) is 0 Å². The second-order valence-corrected chi connectivity index (χ2v) is 5.72. The van der Waals surface area contributed by atoms with Crippen molar-refractivity contribution in [3.8, 4) is 10.6 Å². The second kappa shape index (κ2) is 6.18. The van der Waals surface area contributed by atoms with E-state index in [0.717, 1.165) is 16.7 Å². The highest BCUT2D eigenvalue weighted by atomic mass is 32.1. The summed E-state index contributed by atoms with van der Waals surface area (Å²) in [5.41, 5.74) is 3.30. The number of Topliss-reactive ketones (excluding diaryl/α,β-unsaturated/α-hetero) is 1. The number of aromatic nitrogens is 1. The van der Waals surface area contributed by atoms with E-state index in [9.17, 15) is 9.59 Å². The van der Waals surface area contributed by atoms with Gasteiger partial charge in [-0.25, -0.2) is 9.78 Å². The summed E-state index contributed by atoms with van der Waals surface area (Å²) in [5, 5.41) is 0.671. The third kappa shape index (κ3) is 3.03. The van der Waals surface area contributed by atoms with Gasteiger partial charge in [-0.2, -0.15) is 0 Å². The zero-order valence-electron chi connectivity index (χ0n) is 12.5. The predicted octanol–water partition coefficient (Wildman–Crippen LogP) is 3.81. The van der Waals surface area contributed by atoms with Crippen molar-refractivity contribution in [3.63, 3.8) is 0 Å². The van der Waals surface area contributed by atoms with Crippen molar-refractivity contribution in [2.24, 2.45) is 0 Å². The van der Waals surface area contributed by atoms with Crippen molar-refractivity contribution in [2.75, 3.05) is 6.61 Å². The highest BCUT2D eigenvalue weighted by molar-refractivity contribution is 7.17. The summed E-state index contributed by atoms with van der Waals surface area (Å²) < 4.78 is 4.97. The van der Waals surface area contributed by atoms with Gasteiger partial charge in [0.1, 0.15) is 9.88 Å². The Morgan fingerprint density at radius 2 is 2.00 bits per heavy atom. The average Bonchev–Trinajstić information content (AvgIpc) is 2.87. The molecule has 110 valence electrons. The first-order valence-electron chi connectivity index (χ1n) is 6.71. The fourth-order valence-corrected chi connectivity index (χ4v) is 3.03. The Labute approximate surface area is 127 Å². The standard InChI is InChI=1S/C16H17NO3S/c1-5-20-16(19)13-14(11(4)18)21-15(17-13)12-8-6-7-9(2)10(12)3/h6-8H,5H2,1-4H3. The molecule has 0 saturated heterocycles. The lowest BCUT2D eigenvalue weighted by atomic mass is 10.0. The molecule has 0 spiro atoms. The number of esters is 1. The van der Waals surface area contributed by atoms with E-state index in [4.69, 9.17) is 4.74 Å². The summed E-state index contributed by atoms with van der Waals surface area (Å²) in [6, 6.07) is 5.90. The monoisotopic (exact) mass is 303 g/mol. The van der Waals surface area contributed by atoms with Crippen LogP contribution in [0.2, 0.25) is 0 Å². The Morgan fingerprint density at radius 3 is 2.62 bits per heavy atom. The van der Waals surface area contributed by atoms with Gasteiger partial charge in [0, 0.05) is 12.5 Å². The minimum atomic E-state index is -0.546. The molecule has 0 amide bonds. The van der Waals surface area contributed by atoms with Crippen LogP contribution in [0.3, 0.4) is 0 Å². The van der Waals surface area contributed by atoms with Gasteiger partial charge >= 0.3 is 5.97 Å². The Hall–Kier alpha value is -2.01. The van der Waals surface area contributed by atoms with Gasteiger partial charge in [0.05, 0.1) is 6.61 Å². The lowest BCUT2D eigenvalue weighted by Crippen LogP contribution is -2.09. The minimum Gasteiger partial charge on any atom is -0.461 e. The Morgan fingerprint density at radius 1 is 1.29 bits per heavy atom. The van der Waals surface area contributed by atoms with Crippen molar-refractivity contribution in [2.45, 2.75) is 27.7 Å². The molecule has 0 aliphatic heterocycles. The topological polar surface area (TPSA) is 56.3 Å². The molecule has 2 aromatic rings. The maximum absolute atomic E-state index is 11.9. The number of rotatable bonds is 4. The SMILES string of the molecule is CCOC(=O)c1nc(-c2cccc(C)c2C)sc1C(C)=O. The Bertz CT molecular complexity index is 704. The molecular weight excluding hydrogens is 286 g/mol. The lowest BCUT2D eigenvalue weighted by molar-refractivity contribution is 0.0517. The maximum Gasteiger partial charge on any atom is 0.358 e. The third-order valence-electron chi connectivity index (χ3n) is 3.25. The summed E-state index contributed by atoms with van der Waals surface area (Å²) in [6.45, 7) is 7.44. The fraction of sp³-hybridized carbons (Fsp3) is 0.312. The fourth-order valence-electron chi connectivity index (χ4n) is 1.99. The zero-order valence-corrected chi connectivity index (χ0v) is 13.3. The largest absolute Gasteiger partial charge is 0.461 e. The first-order valence-corrected chi connectivity index (χ1v) is 7.52. The van der Waals surface area contributed by atoms with E-state index in [1.165, 1.54) is 18.3 Å². The van der Waals surface area contributed by atoms with E-state index >= 15 is 0 Å². The van der Waals surface area contributed by atoms with Gasteiger partial charge in [0.15, 0.2) is 11.5 Å². The second-order valence-electron chi connectivity index (χ2n) is 4.72. The van der Waals surface area contributed by atoms with Crippen LogP contribution in [-0.2, 0) is 4.74 Å². The highest BCUT2D eigenvalue weighted by Crippen LogP contribution is 2.32. The van der Waals surface area contributed by atoms with Crippen molar-refractivity contribution in [1.82, 2.24) is 4.98 Å². The first-order chi connectivity index (χ1) is 9.95. The van der Waals surface area contributed by atoms with Gasteiger partial charge in [-0.1, -0.05) is 18.2 Å². The number of aryl methyl sites for hydroxylation is 1. The molecule has 0 N–H and O–H groups in total. The predicted molar refractivity (Wildman–Crippen MR) is 83.0 cm³/mol. The molecule has 1 aromatic carbocycles. The van der Waals surface area contributed by atoms with E-state index in [0.29, 0.717) is 9.88 Å². The molecule has 0 atom stereocenters. The van der Waals surface area contributed by atoms with E-state index < -0.39 is 5.97 Å². The molecule has 1 heterocycles. The molecule has 1 aromatic heterocycles. The molecular formula is C16H17NO3S. The van der Waals surface area contributed by atoms with Gasteiger partial charge in [0.25, 0.3) is 0 Å². The number of nitrogens with zero attached hydrogens (tertiary/aromatic N) is 1. The molecule has 0 aliphatic carbocycles. The summed E-state index contributed by atoms with van der Waals surface area (Å²) in [4.78, 5) is 28.4. The number of ether oxygens (including phenoxy) is 1. The third-order valence-corrected chi connectivity index (χ3v) is 4.44.